The smallest absolute Gasteiger partial charge is 0.379 e. The molecule has 0 atom stereocenters. The van der Waals surface area contributed by atoms with Gasteiger partial charge in [0.25, 0.3) is 11.7 Å². The molecule has 0 radical (unpaired) electrons. The van der Waals surface area contributed by atoms with Crippen LogP contribution in [0.2, 0.25) is 0 Å². The highest BCUT2D eigenvalue weighted by atomic mass is 19.1. The van der Waals surface area contributed by atoms with E-state index in [9.17, 15) is 19.1 Å². The molecule has 23 heavy (non-hydrogen) atoms. The Balaban J connectivity index is 2.07. The predicted molar refractivity (Wildman–Crippen MR) is 78.0 cm³/mol. The fourth-order valence-corrected chi connectivity index (χ4v) is 1.76. The van der Waals surface area contributed by atoms with Crippen molar-refractivity contribution < 1.29 is 28.2 Å². The van der Waals surface area contributed by atoms with E-state index in [-0.39, 0.29) is 18.3 Å². The van der Waals surface area contributed by atoms with Crippen molar-refractivity contribution in [2.24, 2.45) is 0 Å². The number of carbonyl (C=O) groups is 2. The van der Waals surface area contributed by atoms with Gasteiger partial charge in [0.15, 0.2) is 5.76 Å². The van der Waals surface area contributed by atoms with Crippen LogP contribution in [0.5, 0.6) is 0 Å². The van der Waals surface area contributed by atoms with Gasteiger partial charge < -0.3 is 14.3 Å². The van der Waals surface area contributed by atoms with Crippen molar-refractivity contribution >= 4 is 17.5 Å². The van der Waals surface area contributed by atoms with Crippen molar-refractivity contribution in [1.29, 1.82) is 0 Å². The first-order valence-corrected chi connectivity index (χ1v) is 6.80. The number of halogens is 1. The number of oxazole rings is 1. The Bertz CT molecular complexity index is 733. The first-order chi connectivity index (χ1) is 11.0. The third kappa shape index (κ3) is 4.50. The number of esters is 1. The maximum atomic E-state index is 12.8. The van der Waals surface area contributed by atoms with Gasteiger partial charge in [-0.05, 0) is 24.6 Å². The first-order valence-electron chi connectivity index (χ1n) is 6.80. The van der Waals surface area contributed by atoms with Crippen molar-refractivity contribution in [1.82, 2.24) is 4.98 Å². The van der Waals surface area contributed by atoms with Crippen molar-refractivity contribution in [2.45, 2.75) is 13.3 Å². The molecule has 120 valence electrons. The minimum absolute atomic E-state index is 0.0556. The van der Waals surface area contributed by atoms with Gasteiger partial charge in [-0.1, -0.05) is 12.1 Å². The maximum Gasteiger partial charge on any atom is 0.379 e. The van der Waals surface area contributed by atoms with Gasteiger partial charge in [-0.25, -0.2) is 14.2 Å². The van der Waals surface area contributed by atoms with Crippen molar-refractivity contribution in [3.8, 4) is 0 Å². The molecule has 0 saturated heterocycles. The van der Waals surface area contributed by atoms with Crippen LogP contribution in [0.15, 0.2) is 41.0 Å². The summed E-state index contributed by atoms with van der Waals surface area (Å²) < 4.78 is 22.4. The van der Waals surface area contributed by atoms with Crippen molar-refractivity contribution in [3.63, 3.8) is 0 Å². The number of ketones is 1. The fraction of sp³-hybridized carbons (Fsp3) is 0.188. The van der Waals surface area contributed by atoms with Gasteiger partial charge in [-0.15, -0.1) is 0 Å². The predicted octanol–water partition coefficient (Wildman–Crippen LogP) is 2.44. The molecule has 1 heterocycles. The second-order valence-corrected chi connectivity index (χ2v) is 4.56. The van der Waals surface area contributed by atoms with Gasteiger partial charge in [-0.2, -0.15) is 0 Å². The molecule has 0 spiro atoms. The lowest BCUT2D eigenvalue weighted by molar-refractivity contribution is -0.151. The number of aliphatic hydroxyl groups excluding tert-OH is 1. The molecule has 2 aromatic rings. The Kier molecular flexibility index (Phi) is 5.24. The van der Waals surface area contributed by atoms with Gasteiger partial charge in [0.05, 0.1) is 12.3 Å². The van der Waals surface area contributed by atoms with Crippen LogP contribution >= 0.6 is 0 Å². The molecule has 0 aliphatic carbocycles. The maximum absolute atomic E-state index is 12.8. The third-order valence-electron chi connectivity index (χ3n) is 2.81. The Morgan fingerprint density at radius 1 is 1.35 bits per heavy atom. The van der Waals surface area contributed by atoms with Crippen LogP contribution in [0, 0.1) is 5.82 Å². The lowest BCUT2D eigenvalue weighted by Crippen LogP contribution is -2.15. The van der Waals surface area contributed by atoms with Crippen LogP contribution in [-0.2, 0) is 20.7 Å². The van der Waals surface area contributed by atoms with E-state index in [2.05, 4.69) is 9.72 Å². The van der Waals surface area contributed by atoms with Crippen LogP contribution < -0.4 is 0 Å². The van der Waals surface area contributed by atoms with Crippen LogP contribution in [-0.4, -0.2) is 28.4 Å². The van der Waals surface area contributed by atoms with E-state index in [1.165, 1.54) is 18.4 Å². The Hall–Kier alpha value is -2.96. The lowest BCUT2D eigenvalue weighted by Gasteiger charge is -1.97. The summed E-state index contributed by atoms with van der Waals surface area (Å²) in [5.74, 6) is -3.19. The Morgan fingerprint density at radius 3 is 2.70 bits per heavy atom. The molecule has 0 amide bonds. The molecule has 6 nitrogen and oxygen atoms in total. The zero-order valence-corrected chi connectivity index (χ0v) is 12.3. The van der Waals surface area contributed by atoms with Crippen molar-refractivity contribution in [3.05, 3.63) is 59.6 Å². The average molecular weight is 319 g/mol. The second kappa shape index (κ2) is 7.35. The average Bonchev–Trinajstić information content (AvgIpc) is 2.98. The summed E-state index contributed by atoms with van der Waals surface area (Å²) in [6.45, 7) is 1.62. The van der Waals surface area contributed by atoms with Gasteiger partial charge in [-0.3, -0.25) is 4.79 Å². The van der Waals surface area contributed by atoms with Gasteiger partial charge in [0, 0.05) is 12.5 Å². The van der Waals surface area contributed by atoms with E-state index in [0.29, 0.717) is 18.2 Å². The highest BCUT2D eigenvalue weighted by Gasteiger charge is 2.16. The zero-order valence-electron chi connectivity index (χ0n) is 12.3. The summed E-state index contributed by atoms with van der Waals surface area (Å²) in [6, 6.07) is 5.85. The van der Waals surface area contributed by atoms with E-state index in [1.54, 1.807) is 19.1 Å². The van der Waals surface area contributed by atoms with E-state index < -0.39 is 17.5 Å². The molecule has 1 aromatic carbocycles. The van der Waals surface area contributed by atoms with Gasteiger partial charge in [0.2, 0.25) is 0 Å². The summed E-state index contributed by atoms with van der Waals surface area (Å²) in [5, 5.41) is 9.75. The monoisotopic (exact) mass is 319 g/mol. The van der Waals surface area contributed by atoms with Crippen LogP contribution in [0.1, 0.15) is 24.1 Å². The molecule has 0 saturated carbocycles. The number of benzene rings is 1. The van der Waals surface area contributed by atoms with E-state index in [4.69, 9.17) is 4.42 Å². The normalized spacial score (nSPS) is 11.3. The SMILES string of the molecule is CCOC(=O)C(=O)/C=C(\O)c1nc(Cc2ccc(F)cc2)co1. The number of aliphatic hydroxyl groups is 1. The molecule has 0 bridgehead atoms. The topological polar surface area (TPSA) is 89.6 Å². The van der Waals surface area contributed by atoms with Gasteiger partial charge in [0.1, 0.15) is 12.1 Å². The van der Waals surface area contributed by atoms with E-state index >= 15 is 0 Å². The number of hydrogen-bond acceptors (Lipinski definition) is 6. The van der Waals surface area contributed by atoms with Gasteiger partial charge >= 0.3 is 5.97 Å². The van der Waals surface area contributed by atoms with E-state index in [0.717, 1.165) is 5.56 Å². The van der Waals surface area contributed by atoms with Crippen LogP contribution in [0.25, 0.3) is 5.76 Å². The number of nitrogens with zero attached hydrogens (tertiary/aromatic N) is 1. The molecule has 1 N–H and O–H groups in total. The standard InChI is InChI=1S/C16H14FNO5/c1-2-22-16(21)14(20)8-13(19)15-18-12(9-23-15)7-10-3-5-11(17)6-4-10/h3-6,8-9,19H,2,7H2,1H3/b13-8-. The summed E-state index contributed by atoms with van der Waals surface area (Å²) >= 11 is 0. The summed E-state index contributed by atoms with van der Waals surface area (Å²) in [7, 11) is 0. The molecule has 0 aliphatic rings. The quantitative estimate of drug-likeness (QED) is 0.381. The molecule has 0 fully saturated rings. The molecule has 2 rings (SSSR count). The number of rotatable bonds is 6. The lowest BCUT2D eigenvalue weighted by atomic mass is 10.1. The number of aromatic nitrogens is 1. The Morgan fingerprint density at radius 2 is 2.04 bits per heavy atom. The second-order valence-electron chi connectivity index (χ2n) is 4.56. The molecule has 7 heteroatoms. The molecule has 0 aliphatic heterocycles. The largest absolute Gasteiger partial charge is 0.503 e. The third-order valence-corrected chi connectivity index (χ3v) is 2.81. The molecule has 0 unspecified atom stereocenters. The highest BCUT2D eigenvalue weighted by Crippen LogP contribution is 2.15. The highest BCUT2D eigenvalue weighted by molar-refractivity contribution is 6.39. The fourth-order valence-electron chi connectivity index (χ4n) is 1.76. The summed E-state index contributed by atoms with van der Waals surface area (Å²) in [5.41, 5.74) is 1.28. The molecular formula is C16H14FNO5. The number of carbonyl (C=O) groups excluding carboxylic acids is 2. The zero-order chi connectivity index (χ0) is 16.8. The minimum Gasteiger partial charge on any atom is -0.503 e. The molecule has 1 aromatic heterocycles. The van der Waals surface area contributed by atoms with Crippen molar-refractivity contribution in [2.75, 3.05) is 6.61 Å². The van der Waals surface area contributed by atoms with Crippen LogP contribution in [0.3, 0.4) is 0 Å². The summed E-state index contributed by atoms with van der Waals surface area (Å²) in [6.07, 6.45) is 2.35. The number of ether oxygens (including phenoxy) is 1. The Labute approximate surface area is 131 Å². The molecular weight excluding hydrogens is 305 g/mol. The van der Waals surface area contributed by atoms with Crippen LogP contribution in [0.4, 0.5) is 4.39 Å². The first kappa shape index (κ1) is 16.4. The van der Waals surface area contributed by atoms with E-state index in [1.807, 2.05) is 0 Å². The summed E-state index contributed by atoms with van der Waals surface area (Å²) in [4.78, 5) is 26.6. The minimum atomic E-state index is -1.07. The number of hydrogen-bond donors (Lipinski definition) is 1.